The van der Waals surface area contributed by atoms with Crippen LogP contribution in [-0.2, 0) is 16.0 Å². The van der Waals surface area contributed by atoms with Crippen molar-refractivity contribution >= 4 is 35.9 Å². The Kier molecular flexibility index (Phi) is 11.4. The van der Waals surface area contributed by atoms with Gasteiger partial charge in [-0.15, -0.1) is 24.0 Å². The lowest BCUT2D eigenvalue weighted by atomic mass is 10.1. The van der Waals surface area contributed by atoms with Crippen LogP contribution in [0.3, 0.4) is 0 Å². The van der Waals surface area contributed by atoms with Gasteiger partial charge in [0, 0.05) is 20.1 Å². The second-order valence-corrected chi connectivity index (χ2v) is 5.96. The zero-order valence-electron chi connectivity index (χ0n) is 15.3. The van der Waals surface area contributed by atoms with Crippen LogP contribution in [0, 0.1) is 13.8 Å². The standard InChI is InChI=1S/C18H29N3O2.HI/c1-13(2)23-17(22)7-9-21-18(19-5)20-8-6-16-11-14(3)10-15(4)12-16;/h10-13H,6-9H2,1-5H3,(H2,19,20,21);1H. The highest BCUT2D eigenvalue weighted by atomic mass is 127. The number of guanidine groups is 1. The Bertz CT molecular complexity index is 525. The summed E-state index contributed by atoms with van der Waals surface area (Å²) in [6.07, 6.45) is 1.19. The van der Waals surface area contributed by atoms with Crippen molar-refractivity contribution in [2.75, 3.05) is 20.1 Å². The van der Waals surface area contributed by atoms with Gasteiger partial charge in [-0.3, -0.25) is 9.79 Å². The van der Waals surface area contributed by atoms with Crippen LogP contribution in [0.4, 0.5) is 0 Å². The summed E-state index contributed by atoms with van der Waals surface area (Å²) in [5.41, 5.74) is 3.88. The summed E-state index contributed by atoms with van der Waals surface area (Å²) in [5, 5.41) is 6.38. The molecule has 0 aliphatic carbocycles. The molecule has 0 saturated heterocycles. The van der Waals surface area contributed by atoms with Crippen LogP contribution in [-0.4, -0.2) is 38.2 Å². The molecule has 136 valence electrons. The molecule has 0 unspecified atom stereocenters. The van der Waals surface area contributed by atoms with E-state index in [0.29, 0.717) is 18.9 Å². The van der Waals surface area contributed by atoms with Crippen LogP contribution < -0.4 is 10.6 Å². The minimum atomic E-state index is -0.196. The van der Waals surface area contributed by atoms with E-state index in [9.17, 15) is 4.79 Å². The fraction of sp³-hybridized carbons (Fsp3) is 0.556. The largest absolute Gasteiger partial charge is 0.463 e. The Labute approximate surface area is 162 Å². The fourth-order valence-corrected chi connectivity index (χ4v) is 2.36. The summed E-state index contributed by atoms with van der Waals surface area (Å²) < 4.78 is 5.09. The van der Waals surface area contributed by atoms with Crippen LogP contribution in [0.15, 0.2) is 23.2 Å². The molecule has 0 amide bonds. The SMILES string of the molecule is CN=C(NCCC(=O)OC(C)C)NCCc1cc(C)cc(C)c1.I. The molecule has 0 spiro atoms. The molecular formula is C18H30IN3O2. The van der Waals surface area contributed by atoms with E-state index in [1.165, 1.54) is 16.7 Å². The Morgan fingerprint density at radius 2 is 1.71 bits per heavy atom. The normalized spacial score (nSPS) is 11.0. The minimum absolute atomic E-state index is 0. The molecule has 6 heteroatoms. The predicted molar refractivity (Wildman–Crippen MR) is 110 cm³/mol. The Hall–Kier alpha value is -1.31. The number of nitrogens with one attached hydrogen (secondary N) is 2. The van der Waals surface area contributed by atoms with Crippen LogP contribution >= 0.6 is 24.0 Å². The molecule has 0 aliphatic heterocycles. The number of rotatable bonds is 7. The first-order valence-corrected chi connectivity index (χ1v) is 8.12. The summed E-state index contributed by atoms with van der Waals surface area (Å²) in [4.78, 5) is 15.6. The van der Waals surface area contributed by atoms with Crippen molar-refractivity contribution in [2.24, 2.45) is 4.99 Å². The molecule has 1 aromatic rings. The second kappa shape index (κ2) is 12.1. The van der Waals surface area contributed by atoms with Gasteiger partial charge in [-0.25, -0.2) is 0 Å². The number of halogens is 1. The number of benzene rings is 1. The molecule has 0 aromatic heterocycles. The fourth-order valence-electron chi connectivity index (χ4n) is 2.36. The third kappa shape index (κ3) is 9.75. The van der Waals surface area contributed by atoms with Gasteiger partial charge >= 0.3 is 5.97 Å². The van der Waals surface area contributed by atoms with Crippen molar-refractivity contribution in [3.8, 4) is 0 Å². The molecule has 0 bridgehead atoms. The number of esters is 1. The molecule has 0 radical (unpaired) electrons. The zero-order chi connectivity index (χ0) is 17.2. The maximum absolute atomic E-state index is 11.5. The lowest BCUT2D eigenvalue weighted by molar-refractivity contribution is -0.147. The van der Waals surface area contributed by atoms with Gasteiger partial charge in [0.2, 0.25) is 0 Å². The minimum Gasteiger partial charge on any atom is -0.463 e. The summed E-state index contributed by atoms with van der Waals surface area (Å²) in [6, 6.07) is 6.58. The molecule has 1 aromatic carbocycles. The molecule has 24 heavy (non-hydrogen) atoms. The van der Waals surface area contributed by atoms with E-state index in [2.05, 4.69) is 47.7 Å². The van der Waals surface area contributed by atoms with E-state index >= 15 is 0 Å². The molecule has 2 N–H and O–H groups in total. The van der Waals surface area contributed by atoms with Crippen molar-refractivity contribution in [1.29, 1.82) is 0 Å². The Balaban J connectivity index is 0.00000529. The monoisotopic (exact) mass is 447 g/mol. The van der Waals surface area contributed by atoms with E-state index in [1.807, 2.05) is 13.8 Å². The third-order valence-corrected chi connectivity index (χ3v) is 3.20. The van der Waals surface area contributed by atoms with Crippen molar-refractivity contribution < 1.29 is 9.53 Å². The lowest BCUT2D eigenvalue weighted by Gasteiger charge is -2.13. The summed E-state index contributed by atoms with van der Waals surface area (Å²) >= 11 is 0. The number of hydrogen-bond donors (Lipinski definition) is 2. The van der Waals surface area contributed by atoms with Crippen molar-refractivity contribution in [1.82, 2.24) is 10.6 Å². The predicted octanol–water partition coefficient (Wildman–Crippen LogP) is 2.97. The first kappa shape index (κ1) is 22.7. The molecule has 0 saturated carbocycles. The van der Waals surface area contributed by atoms with Gasteiger partial charge in [0.05, 0.1) is 12.5 Å². The number of nitrogens with zero attached hydrogens (tertiary/aromatic N) is 1. The van der Waals surface area contributed by atoms with Gasteiger partial charge in [-0.2, -0.15) is 0 Å². The lowest BCUT2D eigenvalue weighted by Crippen LogP contribution is -2.39. The smallest absolute Gasteiger partial charge is 0.307 e. The maximum atomic E-state index is 11.5. The van der Waals surface area contributed by atoms with Gasteiger partial charge < -0.3 is 15.4 Å². The first-order valence-electron chi connectivity index (χ1n) is 8.12. The summed E-state index contributed by atoms with van der Waals surface area (Å²) in [5.74, 6) is 0.505. The zero-order valence-corrected chi connectivity index (χ0v) is 17.6. The number of aliphatic imine (C=N–C) groups is 1. The first-order chi connectivity index (χ1) is 10.9. The summed E-state index contributed by atoms with van der Waals surface area (Å²) in [6.45, 7) is 9.22. The van der Waals surface area contributed by atoms with Gasteiger partial charge in [0.15, 0.2) is 5.96 Å². The third-order valence-electron chi connectivity index (χ3n) is 3.20. The van der Waals surface area contributed by atoms with Gasteiger partial charge in [0.1, 0.15) is 0 Å². The number of hydrogen-bond acceptors (Lipinski definition) is 3. The maximum Gasteiger partial charge on any atom is 0.307 e. The highest BCUT2D eigenvalue weighted by Gasteiger charge is 2.05. The van der Waals surface area contributed by atoms with Crippen LogP contribution in [0.2, 0.25) is 0 Å². The van der Waals surface area contributed by atoms with Crippen molar-refractivity contribution in [3.05, 3.63) is 34.9 Å². The van der Waals surface area contributed by atoms with Crippen LogP contribution in [0.1, 0.15) is 37.0 Å². The molecule has 5 nitrogen and oxygen atoms in total. The van der Waals surface area contributed by atoms with E-state index in [4.69, 9.17) is 4.74 Å². The van der Waals surface area contributed by atoms with Crippen molar-refractivity contribution in [3.63, 3.8) is 0 Å². The molecule has 0 atom stereocenters. The number of carbonyl (C=O) groups excluding carboxylic acids is 1. The van der Waals surface area contributed by atoms with Crippen LogP contribution in [0.5, 0.6) is 0 Å². The molecule has 1 rings (SSSR count). The van der Waals surface area contributed by atoms with E-state index < -0.39 is 0 Å². The highest BCUT2D eigenvalue weighted by molar-refractivity contribution is 14.0. The second-order valence-electron chi connectivity index (χ2n) is 5.96. The van der Waals surface area contributed by atoms with Crippen LogP contribution in [0.25, 0.3) is 0 Å². The summed E-state index contributed by atoms with van der Waals surface area (Å²) in [7, 11) is 1.72. The highest BCUT2D eigenvalue weighted by Crippen LogP contribution is 2.08. The van der Waals surface area contributed by atoms with E-state index in [1.54, 1.807) is 7.05 Å². The Morgan fingerprint density at radius 1 is 1.12 bits per heavy atom. The van der Waals surface area contributed by atoms with Crippen molar-refractivity contribution in [2.45, 2.75) is 46.6 Å². The van der Waals surface area contributed by atoms with Gasteiger partial charge in [-0.05, 0) is 39.7 Å². The van der Waals surface area contributed by atoms with E-state index in [0.717, 1.165) is 13.0 Å². The average molecular weight is 447 g/mol. The quantitative estimate of drug-likeness (QED) is 0.292. The number of aryl methyl sites for hydroxylation is 2. The number of carbonyl (C=O) groups is 1. The van der Waals surface area contributed by atoms with E-state index in [-0.39, 0.29) is 36.0 Å². The molecule has 0 aliphatic rings. The average Bonchev–Trinajstić information content (AvgIpc) is 2.43. The Morgan fingerprint density at radius 3 is 2.25 bits per heavy atom. The topological polar surface area (TPSA) is 62.7 Å². The van der Waals surface area contributed by atoms with Gasteiger partial charge in [-0.1, -0.05) is 29.3 Å². The molecule has 0 heterocycles. The number of ether oxygens (including phenoxy) is 1. The molecular weight excluding hydrogens is 417 g/mol. The van der Waals surface area contributed by atoms with Gasteiger partial charge in [0.25, 0.3) is 0 Å². The molecule has 0 fully saturated rings.